The Balaban J connectivity index is 1.81. The van der Waals surface area contributed by atoms with Gasteiger partial charge in [0.05, 0.1) is 12.2 Å². The number of rotatable bonds is 4. The molecule has 0 saturated heterocycles. The van der Waals surface area contributed by atoms with Gasteiger partial charge >= 0.3 is 5.97 Å². The van der Waals surface area contributed by atoms with Crippen molar-refractivity contribution in [1.29, 1.82) is 0 Å². The van der Waals surface area contributed by atoms with Crippen LogP contribution in [-0.2, 0) is 9.59 Å². The summed E-state index contributed by atoms with van der Waals surface area (Å²) < 4.78 is 5.21. The van der Waals surface area contributed by atoms with Crippen LogP contribution < -0.4 is 14.5 Å². The number of amides is 1. The van der Waals surface area contributed by atoms with Crippen molar-refractivity contribution in [3.8, 4) is 5.75 Å². The highest BCUT2D eigenvalue weighted by molar-refractivity contribution is 5.98. The Bertz CT molecular complexity index is 715. The maximum Gasteiger partial charge on any atom is 0.331 e. The lowest BCUT2D eigenvalue weighted by molar-refractivity contribution is -0.133. The Morgan fingerprint density at radius 3 is 2.57 bits per heavy atom. The van der Waals surface area contributed by atoms with E-state index >= 15 is 0 Å². The minimum atomic E-state index is -0.348. The fourth-order valence-corrected chi connectivity index (χ4v) is 2.70. The standard InChI is InChI=1S/C18H18N2O3/c1-2-20(14-8-4-3-5-9-14)17(21)12-19-13-18(22)23-16-11-7-6-10-15(16)19/h3-11H,2,12-13H2,1H3. The summed E-state index contributed by atoms with van der Waals surface area (Å²) >= 11 is 0. The molecule has 0 atom stereocenters. The number of carbonyl (C=O) groups excluding carboxylic acids is 2. The maximum absolute atomic E-state index is 12.7. The third-order valence-electron chi connectivity index (χ3n) is 3.76. The second-order valence-corrected chi connectivity index (χ2v) is 5.27. The number of para-hydroxylation sites is 3. The number of hydrogen-bond donors (Lipinski definition) is 0. The van der Waals surface area contributed by atoms with Gasteiger partial charge in [0.25, 0.3) is 0 Å². The highest BCUT2D eigenvalue weighted by Gasteiger charge is 2.26. The van der Waals surface area contributed by atoms with Crippen molar-refractivity contribution >= 4 is 23.3 Å². The molecule has 1 heterocycles. The van der Waals surface area contributed by atoms with Gasteiger partial charge in [-0.15, -0.1) is 0 Å². The van der Waals surface area contributed by atoms with Crippen molar-refractivity contribution in [2.75, 3.05) is 29.4 Å². The van der Waals surface area contributed by atoms with E-state index in [1.165, 1.54) is 0 Å². The average molecular weight is 310 g/mol. The number of fused-ring (bicyclic) bond motifs is 1. The molecule has 1 aliphatic heterocycles. The smallest absolute Gasteiger partial charge is 0.331 e. The topological polar surface area (TPSA) is 49.9 Å². The van der Waals surface area contributed by atoms with Gasteiger partial charge in [-0.05, 0) is 31.2 Å². The summed E-state index contributed by atoms with van der Waals surface area (Å²) in [6, 6.07) is 16.8. The number of hydrogen-bond acceptors (Lipinski definition) is 4. The molecule has 23 heavy (non-hydrogen) atoms. The van der Waals surface area contributed by atoms with Gasteiger partial charge < -0.3 is 14.5 Å². The van der Waals surface area contributed by atoms with Crippen molar-refractivity contribution in [1.82, 2.24) is 0 Å². The van der Waals surface area contributed by atoms with Gasteiger partial charge in [-0.3, -0.25) is 4.79 Å². The molecule has 0 aromatic heterocycles. The van der Waals surface area contributed by atoms with Gasteiger partial charge in [0.2, 0.25) is 5.91 Å². The van der Waals surface area contributed by atoms with E-state index in [2.05, 4.69) is 0 Å². The van der Waals surface area contributed by atoms with E-state index in [9.17, 15) is 9.59 Å². The lowest BCUT2D eigenvalue weighted by Crippen LogP contribution is -2.45. The summed E-state index contributed by atoms with van der Waals surface area (Å²) in [6.45, 7) is 2.72. The minimum absolute atomic E-state index is 0.0526. The fourth-order valence-electron chi connectivity index (χ4n) is 2.70. The molecule has 1 amide bonds. The lowest BCUT2D eigenvalue weighted by Gasteiger charge is -2.31. The summed E-state index contributed by atoms with van der Waals surface area (Å²) in [5.41, 5.74) is 1.62. The predicted octanol–water partition coefficient (Wildman–Crippen LogP) is 2.47. The molecule has 0 N–H and O–H groups in total. The first kappa shape index (κ1) is 15.1. The Hall–Kier alpha value is -2.82. The van der Waals surface area contributed by atoms with Crippen LogP contribution in [0.4, 0.5) is 11.4 Å². The van der Waals surface area contributed by atoms with Crippen LogP contribution in [-0.4, -0.2) is 31.5 Å². The van der Waals surface area contributed by atoms with Gasteiger partial charge in [-0.1, -0.05) is 30.3 Å². The molecule has 0 unspecified atom stereocenters. The molecule has 3 rings (SSSR count). The Morgan fingerprint density at radius 1 is 1.13 bits per heavy atom. The molecule has 0 aliphatic carbocycles. The largest absolute Gasteiger partial charge is 0.423 e. The van der Waals surface area contributed by atoms with Crippen molar-refractivity contribution in [3.05, 3.63) is 54.6 Å². The SMILES string of the molecule is CCN(C(=O)CN1CC(=O)Oc2ccccc21)c1ccccc1. The number of nitrogens with zero attached hydrogens (tertiary/aromatic N) is 2. The molecule has 1 aliphatic rings. The van der Waals surface area contributed by atoms with E-state index in [0.717, 1.165) is 11.4 Å². The maximum atomic E-state index is 12.7. The number of benzene rings is 2. The van der Waals surface area contributed by atoms with Gasteiger partial charge in [0.1, 0.15) is 6.54 Å². The summed E-state index contributed by atoms with van der Waals surface area (Å²) in [6.07, 6.45) is 0. The van der Waals surface area contributed by atoms with Crippen molar-refractivity contribution in [3.63, 3.8) is 0 Å². The third-order valence-corrected chi connectivity index (χ3v) is 3.76. The van der Waals surface area contributed by atoms with Crippen LogP contribution in [0.3, 0.4) is 0 Å². The van der Waals surface area contributed by atoms with Gasteiger partial charge in [0.15, 0.2) is 5.75 Å². The summed E-state index contributed by atoms with van der Waals surface area (Å²) in [5, 5.41) is 0. The van der Waals surface area contributed by atoms with E-state index in [0.29, 0.717) is 12.3 Å². The first-order chi connectivity index (χ1) is 11.2. The fraction of sp³-hybridized carbons (Fsp3) is 0.222. The van der Waals surface area contributed by atoms with Crippen LogP contribution in [0.1, 0.15) is 6.92 Å². The normalized spacial score (nSPS) is 13.3. The van der Waals surface area contributed by atoms with Crippen LogP contribution in [0, 0.1) is 0 Å². The van der Waals surface area contributed by atoms with Crippen LogP contribution >= 0.6 is 0 Å². The zero-order valence-electron chi connectivity index (χ0n) is 12.9. The quantitative estimate of drug-likeness (QED) is 0.643. The molecule has 0 bridgehead atoms. The highest BCUT2D eigenvalue weighted by Crippen LogP contribution is 2.31. The summed E-state index contributed by atoms with van der Waals surface area (Å²) in [5.74, 6) is 0.0989. The molecule has 0 radical (unpaired) electrons. The van der Waals surface area contributed by atoms with Crippen molar-refractivity contribution in [2.45, 2.75) is 6.92 Å². The van der Waals surface area contributed by atoms with E-state index in [1.54, 1.807) is 21.9 Å². The average Bonchev–Trinajstić information content (AvgIpc) is 2.56. The number of likely N-dealkylation sites (N-methyl/N-ethyl adjacent to an activating group) is 1. The lowest BCUT2D eigenvalue weighted by atomic mass is 10.2. The van der Waals surface area contributed by atoms with E-state index in [1.807, 2.05) is 49.4 Å². The number of anilines is 2. The Kier molecular flexibility index (Phi) is 4.28. The summed E-state index contributed by atoms with van der Waals surface area (Å²) in [7, 11) is 0. The molecule has 5 heteroatoms. The second kappa shape index (κ2) is 6.52. The van der Waals surface area contributed by atoms with Crippen LogP contribution in [0.5, 0.6) is 5.75 Å². The zero-order valence-corrected chi connectivity index (χ0v) is 12.9. The van der Waals surface area contributed by atoms with Crippen molar-refractivity contribution in [2.24, 2.45) is 0 Å². The molecule has 0 saturated carbocycles. The second-order valence-electron chi connectivity index (χ2n) is 5.27. The van der Waals surface area contributed by atoms with Gasteiger partial charge in [-0.2, -0.15) is 0 Å². The molecule has 118 valence electrons. The van der Waals surface area contributed by atoms with Gasteiger partial charge in [-0.25, -0.2) is 4.79 Å². The van der Waals surface area contributed by atoms with Gasteiger partial charge in [0, 0.05) is 12.2 Å². The molecule has 0 spiro atoms. The molecule has 2 aromatic carbocycles. The first-order valence-electron chi connectivity index (χ1n) is 7.59. The minimum Gasteiger partial charge on any atom is -0.423 e. The molecular formula is C18H18N2O3. The molecular weight excluding hydrogens is 292 g/mol. The third kappa shape index (κ3) is 3.18. The van der Waals surface area contributed by atoms with Crippen LogP contribution in [0.15, 0.2) is 54.6 Å². The van der Waals surface area contributed by atoms with E-state index in [4.69, 9.17) is 4.74 Å². The van der Waals surface area contributed by atoms with Crippen molar-refractivity contribution < 1.29 is 14.3 Å². The number of carbonyl (C=O) groups is 2. The van der Waals surface area contributed by atoms with Crippen LogP contribution in [0.2, 0.25) is 0 Å². The Labute approximate surface area is 135 Å². The first-order valence-corrected chi connectivity index (χ1v) is 7.59. The van der Waals surface area contributed by atoms with E-state index in [-0.39, 0.29) is 25.0 Å². The molecule has 2 aromatic rings. The monoisotopic (exact) mass is 310 g/mol. The van der Waals surface area contributed by atoms with Crippen LogP contribution in [0.25, 0.3) is 0 Å². The Morgan fingerprint density at radius 2 is 1.83 bits per heavy atom. The van der Waals surface area contributed by atoms with E-state index < -0.39 is 0 Å². The number of ether oxygens (including phenoxy) is 1. The predicted molar refractivity (Wildman–Crippen MR) is 88.8 cm³/mol. The highest BCUT2D eigenvalue weighted by atomic mass is 16.5. The molecule has 0 fully saturated rings. The summed E-state index contributed by atoms with van der Waals surface area (Å²) in [4.78, 5) is 27.9. The number of esters is 1. The molecule has 5 nitrogen and oxygen atoms in total. The zero-order chi connectivity index (χ0) is 16.2.